The molecular formula is C22H45F3O3. The maximum atomic E-state index is 10.6. The molecule has 28 heavy (non-hydrogen) atoms. The first-order valence-electron chi connectivity index (χ1n) is 11.1. The van der Waals surface area contributed by atoms with Crippen molar-refractivity contribution in [3.63, 3.8) is 0 Å². The van der Waals surface area contributed by atoms with Gasteiger partial charge in [-0.3, -0.25) is 0 Å². The van der Waals surface area contributed by atoms with Gasteiger partial charge in [-0.25, -0.2) is 4.39 Å². The maximum Gasteiger partial charge on any atom is 0.381 e. The first kappa shape index (κ1) is 29.9. The van der Waals surface area contributed by atoms with Crippen LogP contribution in [0, 0.1) is 0 Å². The van der Waals surface area contributed by atoms with Crippen molar-refractivity contribution < 1.29 is 27.8 Å². The predicted octanol–water partition coefficient (Wildman–Crippen LogP) is 7.06. The summed E-state index contributed by atoms with van der Waals surface area (Å²) in [6, 6.07) is 0. The lowest BCUT2D eigenvalue weighted by Gasteiger charge is -2.03. The normalized spacial score (nSPS) is 15.3. The number of rotatable bonds is 16. The number of aliphatic hydroxyl groups is 1. The molecule has 172 valence electrons. The van der Waals surface area contributed by atoms with Gasteiger partial charge in [0.1, 0.15) is 0 Å². The van der Waals surface area contributed by atoms with Gasteiger partial charge >= 0.3 is 6.11 Å². The van der Waals surface area contributed by atoms with E-state index in [0.717, 1.165) is 6.61 Å². The Labute approximate surface area is 171 Å². The molecule has 0 radical (unpaired) electrons. The summed E-state index contributed by atoms with van der Waals surface area (Å²) in [4.78, 5) is 0. The highest BCUT2D eigenvalue weighted by molar-refractivity contribution is 4.68. The van der Waals surface area contributed by atoms with Crippen LogP contribution < -0.4 is 0 Å². The van der Waals surface area contributed by atoms with Crippen LogP contribution >= 0.6 is 0 Å². The Balaban J connectivity index is 0. The van der Waals surface area contributed by atoms with Gasteiger partial charge in [0.2, 0.25) is 0 Å². The Morgan fingerprint density at radius 2 is 1.11 bits per heavy atom. The Kier molecular flexibility index (Phi) is 24.5. The number of methoxy groups -OCH3 is 1. The van der Waals surface area contributed by atoms with E-state index in [1.807, 2.05) is 0 Å². The van der Waals surface area contributed by atoms with Crippen molar-refractivity contribution in [1.29, 1.82) is 0 Å². The van der Waals surface area contributed by atoms with E-state index in [4.69, 9.17) is 9.84 Å². The van der Waals surface area contributed by atoms with Crippen LogP contribution in [0.2, 0.25) is 0 Å². The number of unbranched alkanes of at least 4 members (excludes halogenated alkanes) is 13. The van der Waals surface area contributed by atoms with E-state index in [1.165, 1.54) is 96.3 Å². The van der Waals surface area contributed by atoms with Crippen LogP contribution in [0.15, 0.2) is 0 Å². The Bertz CT molecular complexity index is 283. The summed E-state index contributed by atoms with van der Waals surface area (Å²) < 4.78 is 41.2. The molecule has 0 amide bonds. The molecule has 1 saturated heterocycles. The topological polar surface area (TPSA) is 42.0 Å². The third-order valence-electron chi connectivity index (χ3n) is 4.44. The quantitative estimate of drug-likeness (QED) is 0.217. The lowest BCUT2D eigenvalue weighted by atomic mass is 10.0. The molecule has 0 aromatic rings. The first-order valence-corrected chi connectivity index (χ1v) is 11.1. The molecule has 0 saturated carbocycles. The minimum Gasteiger partial charge on any atom is -0.388 e. The molecule has 1 N–H and O–H groups in total. The highest BCUT2D eigenvalue weighted by atomic mass is 19.3. The number of hydrogen-bond donors (Lipinski definition) is 1. The molecule has 0 aromatic heterocycles. The highest BCUT2D eigenvalue weighted by Crippen LogP contribution is 2.18. The fraction of sp³-hybridized carbons (Fsp3) is 1.00. The van der Waals surface area contributed by atoms with Crippen molar-refractivity contribution in [3.05, 3.63) is 0 Å². The van der Waals surface area contributed by atoms with Gasteiger partial charge < -0.3 is 14.6 Å². The predicted molar refractivity (Wildman–Crippen MR) is 111 cm³/mol. The van der Waals surface area contributed by atoms with Gasteiger partial charge in [-0.05, 0) is 6.42 Å². The maximum absolute atomic E-state index is 10.6. The zero-order valence-electron chi connectivity index (χ0n) is 18.5. The van der Waals surface area contributed by atoms with E-state index in [2.05, 4.69) is 11.7 Å². The van der Waals surface area contributed by atoms with E-state index in [-0.39, 0.29) is 0 Å². The summed E-state index contributed by atoms with van der Waals surface area (Å²) in [6.07, 6.45) is 18.2. The van der Waals surface area contributed by atoms with Crippen LogP contribution in [-0.4, -0.2) is 44.8 Å². The average Bonchev–Trinajstić information content (AvgIpc) is 3.47. The third kappa shape index (κ3) is 33.3. The third-order valence-corrected chi connectivity index (χ3v) is 4.44. The van der Waals surface area contributed by atoms with Crippen LogP contribution in [-0.2, 0) is 9.47 Å². The molecule has 0 aliphatic carbocycles. The van der Waals surface area contributed by atoms with Crippen molar-refractivity contribution in [2.45, 2.75) is 115 Å². The van der Waals surface area contributed by atoms with Gasteiger partial charge in [-0.2, -0.15) is 8.78 Å². The largest absolute Gasteiger partial charge is 0.388 e. The molecule has 0 spiro atoms. The summed E-state index contributed by atoms with van der Waals surface area (Å²) in [5, 5.41) is 7.12. The van der Waals surface area contributed by atoms with E-state index in [9.17, 15) is 13.2 Å². The van der Waals surface area contributed by atoms with Gasteiger partial charge in [0, 0.05) is 14.2 Å². The SMILES string of the molecule is CCCCCCCCCCCCCCCCC1CO1.COC.OC(F)(F)CF. The smallest absolute Gasteiger partial charge is 0.381 e. The molecule has 1 aliphatic rings. The van der Waals surface area contributed by atoms with Crippen LogP contribution in [0.1, 0.15) is 103 Å². The molecule has 1 fully saturated rings. The fourth-order valence-corrected chi connectivity index (χ4v) is 2.80. The van der Waals surface area contributed by atoms with Crippen molar-refractivity contribution in [2.75, 3.05) is 27.5 Å². The zero-order chi connectivity index (χ0) is 21.5. The van der Waals surface area contributed by atoms with Crippen molar-refractivity contribution in [2.24, 2.45) is 0 Å². The highest BCUT2D eigenvalue weighted by Gasteiger charge is 2.22. The zero-order valence-corrected chi connectivity index (χ0v) is 18.5. The minimum atomic E-state index is -4.12. The molecule has 0 bridgehead atoms. The summed E-state index contributed by atoms with van der Waals surface area (Å²) in [7, 11) is 3.25. The number of epoxide rings is 1. The van der Waals surface area contributed by atoms with E-state index in [0.29, 0.717) is 6.10 Å². The van der Waals surface area contributed by atoms with E-state index in [1.54, 1.807) is 14.2 Å². The second-order valence-corrected chi connectivity index (χ2v) is 7.55. The van der Waals surface area contributed by atoms with Gasteiger partial charge in [0.15, 0.2) is 6.67 Å². The second-order valence-electron chi connectivity index (χ2n) is 7.55. The molecule has 3 nitrogen and oxygen atoms in total. The van der Waals surface area contributed by atoms with Crippen molar-refractivity contribution >= 4 is 0 Å². The van der Waals surface area contributed by atoms with Gasteiger partial charge in [-0.1, -0.05) is 96.8 Å². The average molecular weight is 415 g/mol. The molecule has 1 heterocycles. The summed E-state index contributed by atoms with van der Waals surface area (Å²) >= 11 is 0. The Morgan fingerprint density at radius 3 is 1.36 bits per heavy atom. The standard InChI is InChI=1S/C18H36O.C2H3F3O.C2H6O/c1-2-3-4-5-6-7-8-9-10-11-12-13-14-15-16-18-17-19-18;3-1-2(4,5)6;1-3-2/h18H,2-17H2,1H3;6H,1H2;1-2H3. The Morgan fingerprint density at radius 1 is 0.821 bits per heavy atom. The van der Waals surface area contributed by atoms with Crippen LogP contribution in [0.5, 0.6) is 0 Å². The van der Waals surface area contributed by atoms with Gasteiger partial charge in [-0.15, -0.1) is 0 Å². The molecular weight excluding hydrogens is 369 g/mol. The summed E-state index contributed by atoms with van der Waals surface area (Å²) in [6.45, 7) is 1.32. The minimum absolute atomic E-state index is 0.650. The number of alkyl halides is 3. The lowest BCUT2D eigenvalue weighted by molar-refractivity contribution is -0.208. The molecule has 1 aliphatic heterocycles. The van der Waals surface area contributed by atoms with E-state index < -0.39 is 12.8 Å². The van der Waals surface area contributed by atoms with E-state index >= 15 is 0 Å². The summed E-state index contributed by atoms with van der Waals surface area (Å²) in [5.74, 6) is 0. The second kappa shape index (κ2) is 23.0. The Hall–Kier alpha value is -0.330. The lowest BCUT2D eigenvalue weighted by Crippen LogP contribution is -2.15. The fourth-order valence-electron chi connectivity index (χ4n) is 2.80. The van der Waals surface area contributed by atoms with Gasteiger partial charge in [0.25, 0.3) is 0 Å². The molecule has 6 heteroatoms. The molecule has 1 atom stereocenters. The monoisotopic (exact) mass is 414 g/mol. The molecule has 1 rings (SSSR count). The van der Waals surface area contributed by atoms with Crippen molar-refractivity contribution in [3.8, 4) is 0 Å². The molecule has 1 unspecified atom stereocenters. The number of halogens is 3. The van der Waals surface area contributed by atoms with Crippen LogP contribution in [0.3, 0.4) is 0 Å². The molecule has 0 aromatic carbocycles. The van der Waals surface area contributed by atoms with Gasteiger partial charge in [0.05, 0.1) is 12.7 Å². The summed E-state index contributed by atoms with van der Waals surface area (Å²) in [5.41, 5.74) is 0. The van der Waals surface area contributed by atoms with Crippen LogP contribution in [0.4, 0.5) is 13.2 Å². The number of hydrogen-bond acceptors (Lipinski definition) is 3. The van der Waals surface area contributed by atoms with Crippen molar-refractivity contribution in [1.82, 2.24) is 0 Å². The number of ether oxygens (including phenoxy) is 2. The van der Waals surface area contributed by atoms with Crippen LogP contribution in [0.25, 0.3) is 0 Å². The first-order chi connectivity index (χ1) is 13.4.